The lowest BCUT2D eigenvalue weighted by Crippen LogP contribution is -1.96. The van der Waals surface area contributed by atoms with Crippen molar-refractivity contribution >= 4 is 0 Å². The van der Waals surface area contributed by atoms with Gasteiger partial charge in [0, 0.05) is 0 Å². The molecule has 0 aliphatic rings. The Bertz CT molecular complexity index is 186. The quantitative estimate of drug-likeness (QED) is 0.494. The van der Waals surface area contributed by atoms with Gasteiger partial charge in [0.1, 0.15) is 0 Å². The van der Waals surface area contributed by atoms with Crippen LogP contribution in [0.1, 0.15) is 59.8 Å². The van der Waals surface area contributed by atoms with E-state index < -0.39 is 0 Å². The van der Waals surface area contributed by atoms with E-state index in [0.717, 1.165) is 12.3 Å². The Morgan fingerprint density at radius 3 is 2.57 bits per heavy atom. The minimum absolute atomic E-state index is 0.812. The highest BCUT2D eigenvalue weighted by atomic mass is 14.1. The summed E-state index contributed by atoms with van der Waals surface area (Å²) in [4.78, 5) is 0. The van der Waals surface area contributed by atoms with Crippen molar-refractivity contribution in [3.05, 3.63) is 23.8 Å². The van der Waals surface area contributed by atoms with Gasteiger partial charge in [0.25, 0.3) is 0 Å². The molecule has 0 aromatic carbocycles. The monoisotopic (exact) mass is 194 g/mol. The molecule has 0 nitrogen and oxygen atoms in total. The normalized spacial score (nSPS) is 14.1. The van der Waals surface area contributed by atoms with E-state index in [2.05, 4.69) is 40.3 Å². The van der Waals surface area contributed by atoms with Crippen molar-refractivity contribution < 1.29 is 0 Å². The van der Waals surface area contributed by atoms with Crippen LogP contribution in [0.15, 0.2) is 23.8 Å². The summed E-state index contributed by atoms with van der Waals surface area (Å²) in [5, 5.41) is 0. The van der Waals surface area contributed by atoms with Crippen molar-refractivity contribution in [2.45, 2.75) is 59.8 Å². The third-order valence-corrected chi connectivity index (χ3v) is 2.90. The molecule has 0 amide bonds. The summed E-state index contributed by atoms with van der Waals surface area (Å²) in [7, 11) is 0. The smallest absolute Gasteiger partial charge is 0.0297 e. The standard InChI is InChI=1S/C14H26/c1-6-12(3)9-8-10-14(5)11-13(4)7-2/h6,14H,4,7-11H2,1-3,5H3. The molecule has 14 heavy (non-hydrogen) atoms. The van der Waals surface area contributed by atoms with Gasteiger partial charge in [-0.3, -0.25) is 0 Å². The van der Waals surface area contributed by atoms with E-state index in [1.54, 1.807) is 0 Å². The number of hydrogen-bond donors (Lipinski definition) is 0. The van der Waals surface area contributed by atoms with Gasteiger partial charge in [-0.15, -0.1) is 0 Å². The second kappa shape index (κ2) is 7.84. The average molecular weight is 194 g/mol. The van der Waals surface area contributed by atoms with Gasteiger partial charge in [-0.05, 0) is 45.4 Å². The Morgan fingerprint density at radius 1 is 1.43 bits per heavy atom. The number of allylic oxidation sites excluding steroid dienone is 3. The van der Waals surface area contributed by atoms with Crippen LogP contribution in [0.3, 0.4) is 0 Å². The first-order valence-electron chi connectivity index (χ1n) is 5.88. The van der Waals surface area contributed by atoms with Gasteiger partial charge < -0.3 is 0 Å². The molecular weight excluding hydrogens is 168 g/mol. The summed E-state index contributed by atoms with van der Waals surface area (Å²) in [6.45, 7) is 12.9. The third kappa shape index (κ3) is 6.94. The predicted molar refractivity (Wildman–Crippen MR) is 66.5 cm³/mol. The zero-order valence-electron chi connectivity index (χ0n) is 10.4. The SMILES string of the molecule is C=C(CC)CC(C)CCCC(C)=CC. The molecule has 0 aromatic heterocycles. The molecule has 0 spiro atoms. The second-order valence-electron chi connectivity index (χ2n) is 4.44. The van der Waals surface area contributed by atoms with E-state index in [1.165, 1.54) is 36.8 Å². The van der Waals surface area contributed by atoms with Gasteiger partial charge in [-0.25, -0.2) is 0 Å². The highest BCUT2D eigenvalue weighted by Gasteiger charge is 2.03. The fourth-order valence-electron chi connectivity index (χ4n) is 1.61. The van der Waals surface area contributed by atoms with Crippen LogP contribution < -0.4 is 0 Å². The fraction of sp³-hybridized carbons (Fsp3) is 0.714. The predicted octanol–water partition coefficient (Wildman–Crippen LogP) is 5.12. The molecule has 0 saturated carbocycles. The van der Waals surface area contributed by atoms with Crippen LogP contribution >= 0.6 is 0 Å². The summed E-state index contributed by atoms with van der Waals surface area (Å²) in [6.07, 6.45) is 8.50. The molecule has 0 aliphatic carbocycles. The maximum Gasteiger partial charge on any atom is -0.0297 e. The molecule has 0 aliphatic heterocycles. The maximum absolute atomic E-state index is 4.06. The van der Waals surface area contributed by atoms with Crippen LogP contribution in [0.4, 0.5) is 0 Å². The van der Waals surface area contributed by atoms with E-state index in [1.807, 2.05) is 0 Å². The molecule has 0 rings (SSSR count). The Hall–Kier alpha value is -0.520. The van der Waals surface area contributed by atoms with E-state index in [9.17, 15) is 0 Å². The number of rotatable bonds is 7. The minimum Gasteiger partial charge on any atom is -0.0999 e. The van der Waals surface area contributed by atoms with Crippen LogP contribution in [0.25, 0.3) is 0 Å². The Labute approximate surface area is 90.1 Å². The minimum atomic E-state index is 0.812. The van der Waals surface area contributed by atoms with Crippen LogP contribution in [0.5, 0.6) is 0 Å². The fourth-order valence-corrected chi connectivity index (χ4v) is 1.61. The van der Waals surface area contributed by atoms with E-state index in [0.29, 0.717) is 0 Å². The van der Waals surface area contributed by atoms with Crippen molar-refractivity contribution in [2.24, 2.45) is 5.92 Å². The van der Waals surface area contributed by atoms with Gasteiger partial charge in [0.15, 0.2) is 0 Å². The zero-order chi connectivity index (χ0) is 11.0. The van der Waals surface area contributed by atoms with Crippen molar-refractivity contribution in [3.63, 3.8) is 0 Å². The van der Waals surface area contributed by atoms with Crippen LogP contribution in [0, 0.1) is 5.92 Å². The molecule has 0 bridgehead atoms. The lowest BCUT2D eigenvalue weighted by atomic mass is 9.94. The van der Waals surface area contributed by atoms with E-state index in [-0.39, 0.29) is 0 Å². The molecule has 0 N–H and O–H groups in total. The molecule has 0 saturated heterocycles. The molecule has 0 aromatic rings. The first-order chi connectivity index (χ1) is 6.60. The van der Waals surface area contributed by atoms with E-state index >= 15 is 0 Å². The highest BCUT2D eigenvalue weighted by Crippen LogP contribution is 2.19. The largest absolute Gasteiger partial charge is 0.0999 e. The molecule has 0 heteroatoms. The van der Waals surface area contributed by atoms with Gasteiger partial charge in [0.05, 0.1) is 0 Å². The van der Waals surface area contributed by atoms with Crippen LogP contribution in [0.2, 0.25) is 0 Å². The number of hydrogen-bond acceptors (Lipinski definition) is 0. The van der Waals surface area contributed by atoms with Crippen molar-refractivity contribution in [1.82, 2.24) is 0 Å². The third-order valence-electron chi connectivity index (χ3n) is 2.90. The lowest BCUT2D eigenvalue weighted by Gasteiger charge is -2.12. The molecule has 0 heterocycles. The summed E-state index contributed by atoms with van der Waals surface area (Å²) < 4.78 is 0. The topological polar surface area (TPSA) is 0 Å². The van der Waals surface area contributed by atoms with Gasteiger partial charge in [-0.1, -0.05) is 44.1 Å². The lowest BCUT2D eigenvalue weighted by molar-refractivity contribution is 0.501. The first kappa shape index (κ1) is 13.5. The van der Waals surface area contributed by atoms with Crippen LogP contribution in [-0.4, -0.2) is 0 Å². The molecule has 0 radical (unpaired) electrons. The summed E-state index contributed by atoms with van der Waals surface area (Å²) in [5.41, 5.74) is 2.92. The highest BCUT2D eigenvalue weighted by molar-refractivity contribution is 4.96. The molecule has 1 unspecified atom stereocenters. The maximum atomic E-state index is 4.06. The van der Waals surface area contributed by atoms with Crippen molar-refractivity contribution in [3.8, 4) is 0 Å². The zero-order valence-corrected chi connectivity index (χ0v) is 10.4. The summed E-state index contributed by atoms with van der Waals surface area (Å²) >= 11 is 0. The second-order valence-corrected chi connectivity index (χ2v) is 4.44. The van der Waals surface area contributed by atoms with Gasteiger partial charge >= 0.3 is 0 Å². The Kier molecular flexibility index (Phi) is 7.55. The Morgan fingerprint density at radius 2 is 2.07 bits per heavy atom. The summed E-state index contributed by atoms with van der Waals surface area (Å²) in [6, 6.07) is 0. The summed E-state index contributed by atoms with van der Waals surface area (Å²) in [5.74, 6) is 0.812. The molecule has 0 fully saturated rings. The van der Waals surface area contributed by atoms with Gasteiger partial charge in [0.2, 0.25) is 0 Å². The van der Waals surface area contributed by atoms with Crippen molar-refractivity contribution in [2.75, 3.05) is 0 Å². The first-order valence-corrected chi connectivity index (χ1v) is 5.88. The molecule has 1 atom stereocenters. The Balaban J connectivity index is 3.54. The molecule has 82 valence electrons. The molecular formula is C14H26. The van der Waals surface area contributed by atoms with Gasteiger partial charge in [-0.2, -0.15) is 0 Å². The van der Waals surface area contributed by atoms with E-state index in [4.69, 9.17) is 0 Å². The van der Waals surface area contributed by atoms with Crippen LogP contribution in [-0.2, 0) is 0 Å². The average Bonchev–Trinajstić information content (AvgIpc) is 2.17. The van der Waals surface area contributed by atoms with Crippen molar-refractivity contribution in [1.29, 1.82) is 0 Å².